The van der Waals surface area contributed by atoms with Gasteiger partial charge in [-0.3, -0.25) is 4.99 Å². The zero-order chi connectivity index (χ0) is 18.2. The number of guanidine groups is 1. The maximum atomic E-state index is 4.82. The standard InChI is InChI=1S/C21H33N5/c1-3-22-21(24-17-18-9-14-25(2)15-10-18)23-12-6-13-26-16-11-19-7-4-5-8-20(19)26/h4-5,7-8,11,16,18H,3,6,9-10,12-15,17H2,1-2H3,(H2,22,23,24). The molecular formula is C21H33N5. The highest BCUT2D eigenvalue weighted by atomic mass is 15.2. The van der Waals surface area contributed by atoms with E-state index in [9.17, 15) is 0 Å². The van der Waals surface area contributed by atoms with Crippen molar-refractivity contribution in [2.75, 3.05) is 39.8 Å². The van der Waals surface area contributed by atoms with Crippen LogP contribution in [0.25, 0.3) is 10.9 Å². The third kappa shape index (κ3) is 5.24. The molecule has 0 bridgehead atoms. The van der Waals surface area contributed by atoms with E-state index in [1.54, 1.807) is 0 Å². The molecule has 0 atom stereocenters. The van der Waals surface area contributed by atoms with Gasteiger partial charge in [0.15, 0.2) is 5.96 Å². The largest absolute Gasteiger partial charge is 0.357 e. The van der Waals surface area contributed by atoms with E-state index in [1.807, 2.05) is 0 Å². The topological polar surface area (TPSA) is 44.6 Å². The van der Waals surface area contributed by atoms with E-state index in [0.29, 0.717) is 0 Å². The van der Waals surface area contributed by atoms with Crippen LogP contribution in [0.4, 0.5) is 0 Å². The molecule has 1 aliphatic rings. The van der Waals surface area contributed by atoms with Crippen molar-refractivity contribution in [2.24, 2.45) is 10.9 Å². The molecule has 0 aliphatic carbocycles. The fourth-order valence-corrected chi connectivity index (χ4v) is 3.60. The highest BCUT2D eigenvalue weighted by molar-refractivity contribution is 5.80. The first-order chi connectivity index (χ1) is 12.8. The minimum atomic E-state index is 0.730. The third-order valence-electron chi connectivity index (χ3n) is 5.24. The Kier molecular flexibility index (Phi) is 6.95. The Bertz CT molecular complexity index is 697. The van der Waals surface area contributed by atoms with Crippen LogP contribution in [0, 0.1) is 5.92 Å². The maximum absolute atomic E-state index is 4.82. The number of aromatic nitrogens is 1. The monoisotopic (exact) mass is 355 g/mol. The molecule has 0 unspecified atom stereocenters. The first kappa shape index (κ1) is 18.8. The van der Waals surface area contributed by atoms with Crippen molar-refractivity contribution < 1.29 is 0 Å². The average molecular weight is 356 g/mol. The number of fused-ring (bicyclic) bond motifs is 1. The van der Waals surface area contributed by atoms with Crippen molar-refractivity contribution >= 4 is 16.9 Å². The van der Waals surface area contributed by atoms with Crippen LogP contribution in [0.5, 0.6) is 0 Å². The molecule has 1 saturated heterocycles. The smallest absolute Gasteiger partial charge is 0.191 e. The van der Waals surface area contributed by atoms with E-state index < -0.39 is 0 Å². The SMILES string of the molecule is CCNC(=NCC1CCN(C)CC1)NCCCn1ccc2ccccc21. The molecule has 26 heavy (non-hydrogen) atoms. The van der Waals surface area contributed by atoms with Crippen LogP contribution < -0.4 is 10.6 Å². The Hall–Kier alpha value is -2.01. The van der Waals surface area contributed by atoms with Crippen molar-refractivity contribution in [2.45, 2.75) is 32.7 Å². The van der Waals surface area contributed by atoms with Crippen LogP contribution in [-0.4, -0.2) is 55.2 Å². The van der Waals surface area contributed by atoms with E-state index in [1.165, 1.54) is 36.8 Å². The van der Waals surface area contributed by atoms with Crippen molar-refractivity contribution in [3.05, 3.63) is 36.5 Å². The summed E-state index contributed by atoms with van der Waals surface area (Å²) < 4.78 is 2.33. The molecule has 1 aromatic heterocycles. The predicted molar refractivity (Wildman–Crippen MR) is 111 cm³/mol. The lowest BCUT2D eigenvalue weighted by Gasteiger charge is -2.28. The summed E-state index contributed by atoms with van der Waals surface area (Å²) in [6, 6.07) is 10.8. The first-order valence-electron chi connectivity index (χ1n) is 10.0. The molecule has 5 heteroatoms. The van der Waals surface area contributed by atoms with Gasteiger partial charge in [-0.15, -0.1) is 0 Å². The van der Waals surface area contributed by atoms with E-state index in [0.717, 1.165) is 44.5 Å². The molecule has 0 spiro atoms. The molecule has 0 amide bonds. The third-order valence-corrected chi connectivity index (χ3v) is 5.24. The minimum Gasteiger partial charge on any atom is -0.357 e. The van der Waals surface area contributed by atoms with Gasteiger partial charge in [0.25, 0.3) is 0 Å². The van der Waals surface area contributed by atoms with Gasteiger partial charge < -0.3 is 20.1 Å². The summed E-state index contributed by atoms with van der Waals surface area (Å²) in [5.74, 6) is 1.69. The second kappa shape index (κ2) is 9.62. The molecule has 2 N–H and O–H groups in total. The second-order valence-electron chi connectivity index (χ2n) is 7.31. The van der Waals surface area contributed by atoms with E-state index in [4.69, 9.17) is 4.99 Å². The van der Waals surface area contributed by atoms with Crippen molar-refractivity contribution in [1.82, 2.24) is 20.1 Å². The molecule has 1 aromatic carbocycles. The van der Waals surface area contributed by atoms with Gasteiger partial charge in [0.1, 0.15) is 0 Å². The second-order valence-corrected chi connectivity index (χ2v) is 7.31. The van der Waals surface area contributed by atoms with Crippen LogP contribution in [0.1, 0.15) is 26.2 Å². The molecule has 2 aromatic rings. The number of piperidine rings is 1. The summed E-state index contributed by atoms with van der Waals surface area (Å²) in [5, 5.41) is 8.18. The number of nitrogens with one attached hydrogen (secondary N) is 2. The van der Waals surface area contributed by atoms with Gasteiger partial charge in [-0.25, -0.2) is 0 Å². The summed E-state index contributed by atoms with van der Waals surface area (Å²) >= 11 is 0. The van der Waals surface area contributed by atoms with Gasteiger partial charge in [-0.1, -0.05) is 18.2 Å². The first-order valence-corrected chi connectivity index (χ1v) is 10.0. The van der Waals surface area contributed by atoms with Gasteiger partial charge in [0, 0.05) is 37.9 Å². The summed E-state index contributed by atoms with van der Waals surface area (Å²) in [6.45, 7) is 8.33. The molecule has 2 heterocycles. The van der Waals surface area contributed by atoms with Gasteiger partial charge in [0.05, 0.1) is 0 Å². The average Bonchev–Trinajstić information content (AvgIpc) is 3.07. The van der Waals surface area contributed by atoms with E-state index in [-0.39, 0.29) is 0 Å². The van der Waals surface area contributed by atoms with Crippen molar-refractivity contribution in [3.8, 4) is 0 Å². The normalized spacial score (nSPS) is 16.9. The lowest BCUT2D eigenvalue weighted by Crippen LogP contribution is -2.39. The van der Waals surface area contributed by atoms with Crippen LogP contribution in [0.3, 0.4) is 0 Å². The molecular weight excluding hydrogens is 322 g/mol. The summed E-state index contributed by atoms with van der Waals surface area (Å²) in [4.78, 5) is 7.23. The van der Waals surface area contributed by atoms with Gasteiger partial charge in [0.2, 0.25) is 0 Å². The van der Waals surface area contributed by atoms with Crippen LogP contribution >= 0.6 is 0 Å². The number of hydrogen-bond acceptors (Lipinski definition) is 2. The molecule has 1 fully saturated rings. The Morgan fingerprint density at radius 2 is 1.96 bits per heavy atom. The van der Waals surface area contributed by atoms with E-state index >= 15 is 0 Å². The Morgan fingerprint density at radius 1 is 1.15 bits per heavy atom. The lowest BCUT2D eigenvalue weighted by molar-refractivity contribution is 0.223. The molecule has 142 valence electrons. The van der Waals surface area contributed by atoms with E-state index in [2.05, 4.69) is 70.6 Å². The summed E-state index contributed by atoms with van der Waals surface area (Å²) in [6.07, 6.45) is 5.79. The fourth-order valence-electron chi connectivity index (χ4n) is 3.60. The predicted octanol–water partition coefficient (Wildman–Crippen LogP) is 2.93. The Balaban J connectivity index is 1.44. The molecule has 1 aliphatic heterocycles. The van der Waals surface area contributed by atoms with Crippen LogP contribution in [-0.2, 0) is 6.54 Å². The minimum absolute atomic E-state index is 0.730. The highest BCUT2D eigenvalue weighted by Crippen LogP contribution is 2.16. The zero-order valence-electron chi connectivity index (χ0n) is 16.2. The van der Waals surface area contributed by atoms with Crippen LogP contribution in [0.2, 0.25) is 0 Å². The molecule has 0 radical (unpaired) electrons. The summed E-state index contributed by atoms with van der Waals surface area (Å²) in [7, 11) is 2.21. The number of benzene rings is 1. The van der Waals surface area contributed by atoms with Crippen LogP contribution in [0.15, 0.2) is 41.5 Å². The highest BCUT2D eigenvalue weighted by Gasteiger charge is 2.16. The summed E-state index contributed by atoms with van der Waals surface area (Å²) in [5.41, 5.74) is 1.32. The number of rotatable bonds is 7. The fraction of sp³-hybridized carbons (Fsp3) is 0.571. The van der Waals surface area contributed by atoms with Gasteiger partial charge in [-0.2, -0.15) is 0 Å². The Morgan fingerprint density at radius 3 is 2.77 bits per heavy atom. The zero-order valence-corrected chi connectivity index (χ0v) is 16.2. The quantitative estimate of drug-likeness (QED) is 0.456. The number of aryl methyl sites for hydroxylation is 1. The number of hydrogen-bond donors (Lipinski definition) is 2. The molecule has 5 nitrogen and oxygen atoms in total. The van der Waals surface area contributed by atoms with Gasteiger partial charge >= 0.3 is 0 Å². The number of nitrogens with zero attached hydrogens (tertiary/aromatic N) is 3. The van der Waals surface area contributed by atoms with Crippen molar-refractivity contribution in [3.63, 3.8) is 0 Å². The van der Waals surface area contributed by atoms with Gasteiger partial charge in [-0.05, 0) is 69.8 Å². The lowest BCUT2D eigenvalue weighted by atomic mass is 9.97. The number of aliphatic imine (C=N–C) groups is 1. The molecule has 3 rings (SSSR count). The molecule has 0 saturated carbocycles. The Labute approximate surface area is 157 Å². The van der Waals surface area contributed by atoms with Crippen molar-refractivity contribution in [1.29, 1.82) is 0 Å². The number of para-hydroxylation sites is 1. The number of likely N-dealkylation sites (tertiary alicyclic amines) is 1. The maximum Gasteiger partial charge on any atom is 0.191 e.